The molecule has 0 aliphatic rings. The van der Waals surface area contributed by atoms with E-state index < -0.39 is 0 Å². The molecule has 4 aromatic rings. The van der Waals surface area contributed by atoms with E-state index in [1.165, 1.54) is 0 Å². The molecule has 0 N–H and O–H groups in total. The molecule has 0 saturated heterocycles. The lowest BCUT2D eigenvalue weighted by atomic mass is 10.0. The first-order chi connectivity index (χ1) is 16.5. The van der Waals surface area contributed by atoms with E-state index >= 15 is 0 Å². The van der Waals surface area contributed by atoms with Gasteiger partial charge in [0.2, 0.25) is 0 Å². The van der Waals surface area contributed by atoms with Gasteiger partial charge in [-0.2, -0.15) is 4.68 Å². The summed E-state index contributed by atoms with van der Waals surface area (Å²) in [7, 11) is 0. The van der Waals surface area contributed by atoms with Crippen molar-refractivity contribution in [2.75, 3.05) is 0 Å². The van der Waals surface area contributed by atoms with Gasteiger partial charge in [-0.15, -0.1) is 5.10 Å². The zero-order valence-electron chi connectivity index (χ0n) is 20.0. The summed E-state index contributed by atoms with van der Waals surface area (Å²) in [5, 5.41) is 12.1. The molecule has 2 aromatic heterocycles. The Bertz CT molecular complexity index is 1270. The molecule has 178 valence electrons. The normalized spacial score (nSPS) is 11.4. The van der Waals surface area contributed by atoms with E-state index in [-0.39, 0.29) is 5.69 Å². The molecular formula is C26H31ClN6O. The number of tetrazole rings is 1. The van der Waals surface area contributed by atoms with Crippen molar-refractivity contribution in [2.45, 2.75) is 59.5 Å². The summed E-state index contributed by atoms with van der Waals surface area (Å²) >= 11 is 6.72. The molecule has 0 bridgehead atoms. The molecule has 4 rings (SSSR count). The Morgan fingerprint density at radius 1 is 1.03 bits per heavy atom. The van der Waals surface area contributed by atoms with Gasteiger partial charge in [-0.3, -0.25) is 9.13 Å². The molecule has 0 saturated carbocycles. The first kappa shape index (κ1) is 24.0. The number of para-hydroxylation sites is 1. The summed E-state index contributed by atoms with van der Waals surface area (Å²) in [6.45, 7) is 7.66. The van der Waals surface area contributed by atoms with Crippen LogP contribution in [0.5, 0.6) is 0 Å². The van der Waals surface area contributed by atoms with Crippen molar-refractivity contribution in [2.24, 2.45) is 5.92 Å². The molecule has 0 spiro atoms. The average molecular weight is 479 g/mol. The van der Waals surface area contributed by atoms with Crippen molar-refractivity contribution in [1.82, 2.24) is 29.3 Å². The van der Waals surface area contributed by atoms with Crippen LogP contribution in [-0.4, -0.2) is 29.3 Å². The first-order valence-corrected chi connectivity index (χ1v) is 12.3. The fourth-order valence-corrected chi connectivity index (χ4v) is 4.46. The van der Waals surface area contributed by atoms with Crippen LogP contribution in [0.1, 0.15) is 51.3 Å². The van der Waals surface area contributed by atoms with Crippen molar-refractivity contribution in [3.05, 3.63) is 81.8 Å². The number of unbranched alkanes of at least 4 members (excludes halogenated alkanes) is 1. The van der Waals surface area contributed by atoms with Crippen molar-refractivity contribution < 1.29 is 0 Å². The number of hydrogen-bond acceptors (Lipinski definition) is 4. The van der Waals surface area contributed by atoms with Gasteiger partial charge in [-0.25, -0.2) is 4.79 Å². The van der Waals surface area contributed by atoms with Crippen molar-refractivity contribution >= 4 is 11.6 Å². The Hall–Kier alpha value is -3.19. The predicted octanol–water partition coefficient (Wildman–Crippen LogP) is 5.38. The van der Waals surface area contributed by atoms with E-state index in [1.807, 2.05) is 28.8 Å². The summed E-state index contributed by atoms with van der Waals surface area (Å²) < 4.78 is 5.24. The third-order valence-corrected chi connectivity index (χ3v) is 6.48. The Kier molecular flexibility index (Phi) is 7.63. The summed E-state index contributed by atoms with van der Waals surface area (Å²) in [5.74, 6) is 0.540. The zero-order chi connectivity index (χ0) is 24.1. The number of nitrogens with zero attached hydrogens (tertiary/aromatic N) is 6. The second kappa shape index (κ2) is 10.8. The van der Waals surface area contributed by atoms with Gasteiger partial charge < -0.3 is 0 Å². The second-order valence-electron chi connectivity index (χ2n) is 9.01. The summed E-state index contributed by atoms with van der Waals surface area (Å²) in [4.78, 5) is 13.2. The van der Waals surface area contributed by atoms with E-state index in [0.29, 0.717) is 24.2 Å². The lowest BCUT2D eigenvalue weighted by Gasteiger charge is -2.11. The quantitative estimate of drug-likeness (QED) is 0.306. The van der Waals surface area contributed by atoms with Gasteiger partial charge >= 0.3 is 5.69 Å². The SMILES string of the molecule is CCCCn1c(Cl)c(CCC(C)C)n(Cc2ccc(-c3ccccc3-n3cnnn3)cc2)c1=O. The van der Waals surface area contributed by atoms with Crippen LogP contribution in [0.15, 0.2) is 59.7 Å². The molecule has 0 aliphatic heterocycles. The molecule has 34 heavy (non-hydrogen) atoms. The Morgan fingerprint density at radius 3 is 2.47 bits per heavy atom. The van der Waals surface area contributed by atoms with Crippen molar-refractivity contribution in [3.8, 4) is 16.8 Å². The Morgan fingerprint density at radius 2 is 1.79 bits per heavy atom. The van der Waals surface area contributed by atoms with Crippen LogP contribution in [0, 0.1) is 5.92 Å². The van der Waals surface area contributed by atoms with Crippen LogP contribution in [0.3, 0.4) is 0 Å². The van der Waals surface area contributed by atoms with Crippen LogP contribution < -0.4 is 5.69 Å². The number of benzene rings is 2. The lowest BCUT2D eigenvalue weighted by Crippen LogP contribution is -2.26. The van der Waals surface area contributed by atoms with E-state index in [9.17, 15) is 4.79 Å². The highest BCUT2D eigenvalue weighted by molar-refractivity contribution is 6.30. The number of aromatic nitrogens is 6. The monoisotopic (exact) mass is 478 g/mol. The number of imidazole rings is 1. The van der Waals surface area contributed by atoms with E-state index in [1.54, 1.807) is 15.6 Å². The minimum absolute atomic E-state index is 0.0229. The summed E-state index contributed by atoms with van der Waals surface area (Å²) in [6, 6.07) is 16.3. The maximum Gasteiger partial charge on any atom is 0.329 e. The van der Waals surface area contributed by atoms with Crippen LogP contribution in [-0.2, 0) is 19.5 Å². The van der Waals surface area contributed by atoms with Gasteiger partial charge in [0.15, 0.2) is 0 Å². The maximum atomic E-state index is 13.2. The van der Waals surface area contributed by atoms with E-state index in [2.05, 4.69) is 60.6 Å². The maximum absolute atomic E-state index is 13.2. The minimum Gasteiger partial charge on any atom is -0.290 e. The molecule has 8 heteroatoms. The predicted molar refractivity (Wildman–Crippen MR) is 135 cm³/mol. The van der Waals surface area contributed by atoms with Gasteiger partial charge in [-0.1, -0.05) is 81.3 Å². The van der Waals surface area contributed by atoms with Crippen molar-refractivity contribution in [3.63, 3.8) is 0 Å². The molecule has 0 atom stereocenters. The third kappa shape index (κ3) is 5.14. The Labute approximate surface area is 205 Å². The van der Waals surface area contributed by atoms with Crippen LogP contribution >= 0.6 is 11.6 Å². The van der Waals surface area contributed by atoms with Crippen molar-refractivity contribution in [1.29, 1.82) is 0 Å². The minimum atomic E-state index is -0.0229. The van der Waals surface area contributed by atoms with E-state index in [0.717, 1.165) is 53.8 Å². The number of rotatable bonds is 10. The lowest BCUT2D eigenvalue weighted by molar-refractivity contribution is 0.563. The topological polar surface area (TPSA) is 70.5 Å². The molecule has 0 amide bonds. The van der Waals surface area contributed by atoms with Gasteiger partial charge in [0, 0.05) is 12.1 Å². The van der Waals surface area contributed by atoms with Gasteiger partial charge in [0.25, 0.3) is 0 Å². The first-order valence-electron chi connectivity index (χ1n) is 11.9. The highest BCUT2D eigenvalue weighted by Gasteiger charge is 2.19. The summed E-state index contributed by atoms with van der Waals surface area (Å²) in [5.41, 5.74) is 4.97. The molecular weight excluding hydrogens is 448 g/mol. The zero-order valence-corrected chi connectivity index (χ0v) is 20.7. The summed E-state index contributed by atoms with van der Waals surface area (Å²) in [6.07, 6.45) is 5.32. The highest BCUT2D eigenvalue weighted by atomic mass is 35.5. The average Bonchev–Trinajstić information content (AvgIpc) is 3.45. The largest absolute Gasteiger partial charge is 0.329 e. The smallest absolute Gasteiger partial charge is 0.290 e. The molecule has 7 nitrogen and oxygen atoms in total. The van der Waals surface area contributed by atoms with Gasteiger partial charge in [0.05, 0.1) is 17.9 Å². The molecule has 0 aliphatic carbocycles. The van der Waals surface area contributed by atoms with Crippen LogP contribution in [0.25, 0.3) is 16.8 Å². The molecule has 0 fully saturated rings. The third-order valence-electron chi connectivity index (χ3n) is 6.06. The van der Waals surface area contributed by atoms with Crippen LogP contribution in [0.2, 0.25) is 5.15 Å². The molecule has 0 unspecified atom stereocenters. The van der Waals surface area contributed by atoms with Gasteiger partial charge in [-0.05, 0) is 52.8 Å². The molecule has 2 heterocycles. The number of halogens is 1. The second-order valence-corrected chi connectivity index (χ2v) is 9.37. The highest BCUT2D eigenvalue weighted by Crippen LogP contribution is 2.27. The number of hydrogen-bond donors (Lipinski definition) is 0. The fourth-order valence-electron chi connectivity index (χ4n) is 4.11. The van der Waals surface area contributed by atoms with Gasteiger partial charge in [0.1, 0.15) is 11.5 Å². The Balaban J connectivity index is 1.64. The fraction of sp³-hybridized carbons (Fsp3) is 0.385. The molecule has 2 aromatic carbocycles. The van der Waals surface area contributed by atoms with Crippen LogP contribution in [0.4, 0.5) is 0 Å². The molecule has 0 radical (unpaired) electrons. The van der Waals surface area contributed by atoms with E-state index in [4.69, 9.17) is 11.6 Å². The standard InChI is InChI=1S/C26H31ClN6O/c1-4-5-16-31-25(27)24(15-10-19(2)3)32(26(31)34)17-20-11-13-21(14-12-20)22-8-6-7-9-23(22)33-18-28-29-30-33/h6-9,11-14,18-19H,4-5,10,15-17H2,1-3H3.